The minimum atomic E-state index is -1.89. The molecular formula is C28H42O10. The summed E-state index contributed by atoms with van der Waals surface area (Å²) in [6.45, 7) is 1.18. The van der Waals surface area contributed by atoms with Crippen LogP contribution in [0.1, 0.15) is 24.5 Å². The van der Waals surface area contributed by atoms with Gasteiger partial charge in [-0.05, 0) is 78.6 Å². The number of hydrogen-bond acceptors (Lipinski definition) is 10. The Bertz CT molecular complexity index is 984. The van der Waals surface area contributed by atoms with E-state index in [4.69, 9.17) is 24.1 Å². The summed E-state index contributed by atoms with van der Waals surface area (Å²) in [6.07, 6.45) is -7.48. The van der Waals surface area contributed by atoms with E-state index in [1.165, 1.54) is 14.2 Å². The van der Waals surface area contributed by atoms with E-state index in [9.17, 15) is 25.5 Å². The lowest BCUT2D eigenvalue weighted by Gasteiger charge is -2.34. The van der Waals surface area contributed by atoms with Crippen LogP contribution in [0.15, 0.2) is 36.4 Å². The van der Waals surface area contributed by atoms with Gasteiger partial charge in [-0.25, -0.2) is 0 Å². The maximum Gasteiger partial charge on any atom is 0.122 e. The van der Waals surface area contributed by atoms with Gasteiger partial charge in [0.15, 0.2) is 0 Å². The molecule has 2 aromatic carbocycles. The van der Waals surface area contributed by atoms with E-state index in [1.807, 2.05) is 19.1 Å². The Morgan fingerprint density at radius 1 is 0.632 bits per heavy atom. The maximum absolute atomic E-state index is 11.2. The molecule has 6 N–H and O–H groups in total. The summed E-state index contributed by atoms with van der Waals surface area (Å²) in [4.78, 5) is 0. The van der Waals surface area contributed by atoms with Crippen molar-refractivity contribution in [2.45, 2.75) is 56.7 Å². The monoisotopic (exact) mass is 538 g/mol. The van der Waals surface area contributed by atoms with Crippen molar-refractivity contribution < 1.29 is 49.6 Å². The van der Waals surface area contributed by atoms with E-state index in [0.717, 1.165) is 11.1 Å². The summed E-state index contributed by atoms with van der Waals surface area (Å²) in [5.74, 6) is 1.90. The van der Waals surface area contributed by atoms with Gasteiger partial charge >= 0.3 is 0 Å². The normalized spacial score (nSPS) is 17.0. The van der Waals surface area contributed by atoms with E-state index >= 15 is 0 Å². The highest BCUT2D eigenvalue weighted by molar-refractivity contribution is 5.41. The molecule has 2 aromatic rings. The largest absolute Gasteiger partial charge is 0.497 e. The average molecular weight is 539 g/mol. The lowest BCUT2D eigenvalue weighted by molar-refractivity contribution is -0.149. The van der Waals surface area contributed by atoms with Crippen LogP contribution in [0, 0.1) is 11.8 Å². The fourth-order valence-electron chi connectivity index (χ4n) is 4.70. The second-order valence-electron chi connectivity index (χ2n) is 9.58. The standard InChI is InChI=1S/C28H42O10/c1-16(10-17-13-20(35-2)6-8-23(17)37-4)11-19(12-18-14-21(36-3)7-9-24(18)38-5)25(31)27(33)28(34)26(32)22(30)15-29/h6-9,13-14,16,19,22,25-34H,10-12,15H2,1-5H3/t16?,19?,22-,25?,26+,27+,28-/m0/s1. The highest BCUT2D eigenvalue weighted by Gasteiger charge is 2.38. The lowest BCUT2D eigenvalue weighted by Crippen LogP contribution is -2.52. The number of methoxy groups -OCH3 is 4. The van der Waals surface area contributed by atoms with Gasteiger partial charge in [0.25, 0.3) is 0 Å². The molecule has 0 aromatic heterocycles. The Balaban J connectivity index is 2.36. The molecule has 0 fully saturated rings. The molecule has 3 unspecified atom stereocenters. The van der Waals surface area contributed by atoms with Gasteiger partial charge in [0.1, 0.15) is 47.4 Å². The van der Waals surface area contributed by atoms with Crippen molar-refractivity contribution in [1.82, 2.24) is 0 Å². The zero-order valence-electron chi connectivity index (χ0n) is 22.7. The fraction of sp³-hybridized carbons (Fsp3) is 0.571. The predicted molar refractivity (Wildman–Crippen MR) is 141 cm³/mol. The summed E-state index contributed by atoms with van der Waals surface area (Å²) in [7, 11) is 6.23. The van der Waals surface area contributed by atoms with Crippen molar-refractivity contribution in [3.63, 3.8) is 0 Å². The SMILES string of the molecule is COc1ccc(OC)c(CC(C)CC(Cc2cc(OC)ccc2OC)C(O)[C@@H](O)[C@@H](O)[C@H](O)[C@@H](O)CO)c1. The van der Waals surface area contributed by atoms with Crippen LogP contribution in [-0.4, -0.2) is 96.2 Å². The van der Waals surface area contributed by atoms with Crippen LogP contribution in [0.4, 0.5) is 0 Å². The molecule has 0 radical (unpaired) electrons. The lowest BCUT2D eigenvalue weighted by atomic mass is 9.80. The molecule has 214 valence electrons. The number of hydrogen-bond donors (Lipinski definition) is 6. The molecule has 10 nitrogen and oxygen atoms in total. The van der Waals surface area contributed by atoms with Gasteiger partial charge < -0.3 is 49.6 Å². The van der Waals surface area contributed by atoms with Crippen LogP contribution >= 0.6 is 0 Å². The predicted octanol–water partition coefficient (Wildman–Crippen LogP) is 0.945. The molecule has 2 rings (SSSR count). The third kappa shape index (κ3) is 8.20. The molecule has 0 bridgehead atoms. The zero-order valence-corrected chi connectivity index (χ0v) is 22.7. The quantitative estimate of drug-likeness (QED) is 0.182. The van der Waals surface area contributed by atoms with Crippen molar-refractivity contribution in [3.05, 3.63) is 47.5 Å². The first-order valence-electron chi connectivity index (χ1n) is 12.5. The van der Waals surface area contributed by atoms with Gasteiger partial charge in [-0.15, -0.1) is 0 Å². The van der Waals surface area contributed by atoms with Gasteiger partial charge in [-0.1, -0.05) is 6.92 Å². The molecule has 0 aliphatic rings. The minimum Gasteiger partial charge on any atom is -0.497 e. The summed E-state index contributed by atoms with van der Waals surface area (Å²) < 4.78 is 21.7. The summed E-state index contributed by atoms with van der Waals surface area (Å²) in [5.41, 5.74) is 1.63. The molecule has 0 aliphatic carbocycles. The zero-order chi connectivity index (χ0) is 28.4. The summed E-state index contributed by atoms with van der Waals surface area (Å²) in [6, 6.07) is 10.8. The van der Waals surface area contributed by atoms with E-state index in [0.29, 0.717) is 35.8 Å². The van der Waals surface area contributed by atoms with E-state index in [-0.39, 0.29) is 12.3 Å². The van der Waals surface area contributed by atoms with Crippen LogP contribution in [-0.2, 0) is 12.8 Å². The Morgan fingerprint density at radius 2 is 1.11 bits per heavy atom. The van der Waals surface area contributed by atoms with Crippen molar-refractivity contribution in [2.24, 2.45) is 11.8 Å². The molecule has 0 amide bonds. The van der Waals surface area contributed by atoms with E-state index in [1.54, 1.807) is 38.5 Å². The fourth-order valence-corrected chi connectivity index (χ4v) is 4.70. The van der Waals surface area contributed by atoms with Gasteiger partial charge in [0, 0.05) is 0 Å². The Labute approximate surface area is 224 Å². The molecule has 38 heavy (non-hydrogen) atoms. The van der Waals surface area contributed by atoms with Crippen LogP contribution in [0.25, 0.3) is 0 Å². The first kappa shape index (κ1) is 31.6. The smallest absolute Gasteiger partial charge is 0.122 e. The van der Waals surface area contributed by atoms with Crippen LogP contribution in [0.2, 0.25) is 0 Å². The second-order valence-corrected chi connectivity index (χ2v) is 9.58. The van der Waals surface area contributed by atoms with Crippen molar-refractivity contribution >= 4 is 0 Å². The first-order chi connectivity index (χ1) is 18.1. The Morgan fingerprint density at radius 3 is 1.55 bits per heavy atom. The molecule has 0 heterocycles. The molecule has 10 heteroatoms. The van der Waals surface area contributed by atoms with Gasteiger partial charge in [-0.2, -0.15) is 0 Å². The van der Waals surface area contributed by atoms with Crippen molar-refractivity contribution in [1.29, 1.82) is 0 Å². The number of aliphatic hydroxyl groups excluding tert-OH is 6. The number of benzene rings is 2. The minimum absolute atomic E-state index is 0.0236. The van der Waals surface area contributed by atoms with Crippen LogP contribution < -0.4 is 18.9 Å². The summed E-state index contributed by atoms with van der Waals surface area (Å²) >= 11 is 0. The van der Waals surface area contributed by atoms with Crippen molar-refractivity contribution in [3.8, 4) is 23.0 Å². The van der Waals surface area contributed by atoms with Crippen LogP contribution in [0.3, 0.4) is 0 Å². The third-order valence-corrected chi connectivity index (χ3v) is 6.84. The van der Waals surface area contributed by atoms with Gasteiger partial charge in [-0.3, -0.25) is 0 Å². The highest BCUT2D eigenvalue weighted by Crippen LogP contribution is 2.33. The third-order valence-electron chi connectivity index (χ3n) is 6.84. The average Bonchev–Trinajstić information content (AvgIpc) is 2.94. The van der Waals surface area contributed by atoms with E-state index in [2.05, 4.69) is 0 Å². The first-order valence-corrected chi connectivity index (χ1v) is 12.5. The van der Waals surface area contributed by atoms with Crippen LogP contribution in [0.5, 0.6) is 23.0 Å². The molecule has 0 aliphatic heterocycles. The highest BCUT2D eigenvalue weighted by atomic mass is 16.5. The molecular weight excluding hydrogens is 496 g/mol. The molecule has 7 atom stereocenters. The summed E-state index contributed by atoms with van der Waals surface area (Å²) in [5, 5.41) is 61.4. The topological polar surface area (TPSA) is 158 Å². The van der Waals surface area contributed by atoms with Gasteiger partial charge in [0.2, 0.25) is 0 Å². The Kier molecular flexibility index (Phi) is 12.6. The van der Waals surface area contributed by atoms with Crippen molar-refractivity contribution in [2.75, 3.05) is 35.0 Å². The van der Waals surface area contributed by atoms with Gasteiger partial charge in [0.05, 0.1) is 41.2 Å². The Hall–Kier alpha value is -2.60. The second kappa shape index (κ2) is 15.1. The maximum atomic E-state index is 11.2. The van der Waals surface area contributed by atoms with E-state index < -0.39 is 43.0 Å². The molecule has 0 spiro atoms. The molecule has 0 saturated heterocycles. The number of ether oxygens (including phenoxy) is 4. The molecule has 0 saturated carbocycles. The number of aliphatic hydroxyl groups is 6. The number of rotatable bonds is 16.